The molecule has 0 atom stereocenters. The molecule has 1 aromatic carbocycles. The third kappa shape index (κ3) is 6.04. The largest absolute Gasteiger partial charge is 0.379 e. The second kappa shape index (κ2) is 10.7. The topological polar surface area (TPSA) is 85.2 Å². The van der Waals surface area contributed by atoms with Crippen LogP contribution < -0.4 is 5.32 Å². The van der Waals surface area contributed by atoms with Crippen molar-refractivity contribution < 1.29 is 9.53 Å². The van der Waals surface area contributed by atoms with Crippen molar-refractivity contribution in [3.8, 4) is 11.4 Å². The van der Waals surface area contributed by atoms with Gasteiger partial charge in [-0.2, -0.15) is 0 Å². The van der Waals surface area contributed by atoms with E-state index in [0.717, 1.165) is 50.8 Å². The van der Waals surface area contributed by atoms with Crippen molar-refractivity contribution in [2.45, 2.75) is 11.7 Å². The zero-order chi connectivity index (χ0) is 21.5. The van der Waals surface area contributed by atoms with Crippen molar-refractivity contribution >= 4 is 35.0 Å². The predicted octanol–water partition coefficient (Wildman–Crippen LogP) is 3.06. The summed E-state index contributed by atoms with van der Waals surface area (Å²) in [5.74, 6) is 0.894. The second-order valence-electron chi connectivity index (χ2n) is 6.99. The fourth-order valence-corrected chi connectivity index (χ4v) is 4.13. The molecule has 8 nitrogen and oxygen atoms in total. The lowest BCUT2D eigenvalue weighted by Gasteiger charge is -2.27. The standard InChI is InChI=1S/C21H23ClN6O2S/c22-17-1-3-18(4-2-17)24-19(29)15-31-21-26-25-20(16-5-7-23-8-6-16)28(21)10-9-27-11-13-30-14-12-27/h1-8H,9-15H2,(H,24,29). The van der Waals surface area contributed by atoms with E-state index in [0.29, 0.717) is 15.9 Å². The number of hydrogen-bond acceptors (Lipinski definition) is 7. The van der Waals surface area contributed by atoms with Crippen molar-refractivity contribution in [1.29, 1.82) is 0 Å². The number of nitrogens with zero attached hydrogens (tertiary/aromatic N) is 5. The highest BCUT2D eigenvalue weighted by molar-refractivity contribution is 7.99. The molecule has 0 spiro atoms. The maximum absolute atomic E-state index is 12.4. The summed E-state index contributed by atoms with van der Waals surface area (Å²) in [5, 5.41) is 13.0. The number of halogens is 1. The summed E-state index contributed by atoms with van der Waals surface area (Å²) in [5.41, 5.74) is 1.66. The lowest BCUT2D eigenvalue weighted by Crippen LogP contribution is -2.38. The van der Waals surface area contributed by atoms with Gasteiger partial charge in [0.1, 0.15) is 0 Å². The maximum Gasteiger partial charge on any atom is 0.234 e. The van der Waals surface area contributed by atoms with Crippen LogP contribution in [-0.2, 0) is 16.1 Å². The number of rotatable bonds is 8. The Kier molecular flexibility index (Phi) is 7.52. The smallest absolute Gasteiger partial charge is 0.234 e. The number of hydrogen-bond donors (Lipinski definition) is 1. The minimum Gasteiger partial charge on any atom is -0.379 e. The summed E-state index contributed by atoms with van der Waals surface area (Å²) >= 11 is 7.27. The summed E-state index contributed by atoms with van der Waals surface area (Å²) in [7, 11) is 0. The molecule has 1 saturated heterocycles. The molecule has 0 aliphatic carbocycles. The van der Waals surface area contributed by atoms with Gasteiger partial charge in [0.15, 0.2) is 11.0 Å². The number of nitrogens with one attached hydrogen (secondary N) is 1. The van der Waals surface area contributed by atoms with Gasteiger partial charge in [0, 0.05) is 54.8 Å². The Hall–Kier alpha value is -2.46. The van der Waals surface area contributed by atoms with Crippen molar-refractivity contribution in [3.63, 3.8) is 0 Å². The van der Waals surface area contributed by atoms with E-state index in [1.54, 1.807) is 36.7 Å². The highest BCUT2D eigenvalue weighted by Gasteiger charge is 2.18. The first kappa shape index (κ1) is 21.8. The molecule has 10 heteroatoms. The van der Waals surface area contributed by atoms with E-state index in [9.17, 15) is 4.79 Å². The van der Waals surface area contributed by atoms with Crippen molar-refractivity contribution in [2.75, 3.05) is 43.9 Å². The minimum atomic E-state index is -0.111. The normalized spacial score (nSPS) is 14.5. The van der Waals surface area contributed by atoms with Crippen LogP contribution in [0.2, 0.25) is 5.02 Å². The summed E-state index contributed by atoms with van der Waals surface area (Å²) in [6, 6.07) is 10.9. The Morgan fingerprint density at radius 3 is 2.55 bits per heavy atom. The summed E-state index contributed by atoms with van der Waals surface area (Å²) < 4.78 is 7.51. The van der Waals surface area contributed by atoms with Gasteiger partial charge in [0.25, 0.3) is 0 Å². The number of ether oxygens (including phenoxy) is 1. The highest BCUT2D eigenvalue weighted by Crippen LogP contribution is 2.24. The zero-order valence-corrected chi connectivity index (χ0v) is 18.5. The van der Waals surface area contributed by atoms with Gasteiger partial charge in [0.2, 0.25) is 5.91 Å². The van der Waals surface area contributed by atoms with E-state index in [1.165, 1.54) is 11.8 Å². The highest BCUT2D eigenvalue weighted by atomic mass is 35.5. The summed E-state index contributed by atoms with van der Waals surface area (Å²) in [6.45, 7) is 4.94. The number of carbonyl (C=O) groups excluding carboxylic acids is 1. The predicted molar refractivity (Wildman–Crippen MR) is 121 cm³/mol. The van der Waals surface area contributed by atoms with Crippen LogP contribution in [0.15, 0.2) is 53.9 Å². The van der Waals surface area contributed by atoms with Crippen molar-refractivity contribution in [3.05, 3.63) is 53.8 Å². The number of aromatic nitrogens is 4. The van der Waals surface area contributed by atoms with Crippen LogP contribution in [-0.4, -0.2) is 69.2 Å². The molecule has 1 N–H and O–H groups in total. The average molecular weight is 459 g/mol. The zero-order valence-electron chi connectivity index (χ0n) is 16.9. The quantitative estimate of drug-likeness (QED) is 0.519. The van der Waals surface area contributed by atoms with Gasteiger partial charge in [-0.05, 0) is 36.4 Å². The second-order valence-corrected chi connectivity index (χ2v) is 8.37. The minimum absolute atomic E-state index is 0.111. The van der Waals surface area contributed by atoms with Crippen LogP contribution in [0.1, 0.15) is 0 Å². The van der Waals surface area contributed by atoms with Crippen LogP contribution >= 0.6 is 23.4 Å². The fourth-order valence-electron chi connectivity index (χ4n) is 3.24. The first-order valence-corrected chi connectivity index (χ1v) is 11.4. The molecule has 0 radical (unpaired) electrons. The van der Waals surface area contributed by atoms with Gasteiger partial charge < -0.3 is 14.6 Å². The van der Waals surface area contributed by atoms with E-state index in [1.807, 2.05) is 12.1 Å². The molecule has 4 rings (SSSR count). The molecule has 31 heavy (non-hydrogen) atoms. The van der Waals surface area contributed by atoms with Gasteiger partial charge in [0.05, 0.1) is 19.0 Å². The molecule has 0 unspecified atom stereocenters. The number of benzene rings is 1. The molecule has 162 valence electrons. The first-order chi connectivity index (χ1) is 15.2. The fraction of sp³-hybridized carbons (Fsp3) is 0.333. The lowest BCUT2D eigenvalue weighted by molar-refractivity contribution is -0.113. The molecular weight excluding hydrogens is 436 g/mol. The number of amides is 1. The summed E-state index contributed by atoms with van der Waals surface area (Å²) in [4.78, 5) is 18.9. The number of pyridine rings is 1. The van der Waals surface area contributed by atoms with Gasteiger partial charge in [-0.3, -0.25) is 14.7 Å². The Balaban J connectivity index is 1.44. The molecule has 1 amide bonds. The molecule has 3 heterocycles. The van der Waals surface area contributed by atoms with Crippen LogP contribution in [0.4, 0.5) is 5.69 Å². The van der Waals surface area contributed by atoms with Crippen molar-refractivity contribution in [2.24, 2.45) is 0 Å². The molecule has 0 saturated carbocycles. The third-order valence-corrected chi connectivity index (χ3v) is 6.08. The van der Waals surface area contributed by atoms with Crippen LogP contribution in [0.5, 0.6) is 0 Å². The van der Waals surface area contributed by atoms with E-state index in [4.69, 9.17) is 16.3 Å². The van der Waals surface area contributed by atoms with E-state index in [-0.39, 0.29) is 11.7 Å². The first-order valence-electron chi connectivity index (χ1n) is 10.0. The van der Waals surface area contributed by atoms with Gasteiger partial charge >= 0.3 is 0 Å². The molecule has 0 bridgehead atoms. The van der Waals surface area contributed by atoms with Gasteiger partial charge in [-0.25, -0.2) is 0 Å². The SMILES string of the molecule is O=C(CSc1nnc(-c2ccncc2)n1CCN1CCOCC1)Nc1ccc(Cl)cc1. The van der Waals surface area contributed by atoms with Crippen LogP contribution in [0.3, 0.4) is 0 Å². The van der Waals surface area contributed by atoms with Gasteiger partial charge in [-0.1, -0.05) is 23.4 Å². The Bertz CT molecular complexity index is 993. The molecule has 3 aromatic rings. The Morgan fingerprint density at radius 1 is 1.06 bits per heavy atom. The lowest BCUT2D eigenvalue weighted by atomic mass is 10.2. The number of carbonyl (C=O) groups is 1. The number of anilines is 1. The number of morpholine rings is 1. The van der Waals surface area contributed by atoms with Crippen LogP contribution in [0, 0.1) is 0 Å². The third-order valence-electron chi connectivity index (χ3n) is 4.86. The summed E-state index contributed by atoms with van der Waals surface area (Å²) in [6.07, 6.45) is 3.48. The Labute approximate surface area is 190 Å². The Morgan fingerprint density at radius 2 is 1.81 bits per heavy atom. The van der Waals surface area contributed by atoms with Crippen molar-refractivity contribution in [1.82, 2.24) is 24.6 Å². The van der Waals surface area contributed by atoms with E-state index < -0.39 is 0 Å². The number of thioether (sulfide) groups is 1. The van der Waals surface area contributed by atoms with Crippen LogP contribution in [0.25, 0.3) is 11.4 Å². The van der Waals surface area contributed by atoms with E-state index >= 15 is 0 Å². The molecular formula is C21H23ClN6O2S. The average Bonchev–Trinajstić information content (AvgIpc) is 3.22. The molecule has 1 aliphatic heterocycles. The molecule has 1 aliphatic rings. The molecule has 1 fully saturated rings. The van der Waals surface area contributed by atoms with E-state index in [2.05, 4.69) is 30.0 Å². The molecule has 2 aromatic heterocycles. The maximum atomic E-state index is 12.4. The van der Waals surface area contributed by atoms with Gasteiger partial charge in [-0.15, -0.1) is 10.2 Å². The monoisotopic (exact) mass is 458 g/mol.